The van der Waals surface area contributed by atoms with E-state index in [0.717, 1.165) is 83.6 Å². The Kier molecular flexibility index (Phi) is 5.66. The van der Waals surface area contributed by atoms with Gasteiger partial charge in [-0.2, -0.15) is 5.10 Å². The van der Waals surface area contributed by atoms with Crippen LogP contribution >= 0.6 is 0 Å². The lowest BCUT2D eigenvalue weighted by Gasteiger charge is -2.32. The van der Waals surface area contributed by atoms with E-state index in [4.69, 9.17) is 0 Å². The summed E-state index contributed by atoms with van der Waals surface area (Å²) in [5.74, 6) is 0.979. The summed E-state index contributed by atoms with van der Waals surface area (Å²) in [6.45, 7) is 5.46. The Hall–Kier alpha value is -3.81. The highest BCUT2D eigenvalue weighted by Gasteiger charge is 2.35. The standard InChI is InChI=1S/C28H30N6O2/c1-16-17(2)32-33-26(16)25(35)12-18-11-22-14-24(31-27(22)30-15-18)21-5-8-29-23(13-21)19-6-9-34(10-7-19)28(36)20-3-4-20/h5,8,11,13-15,19-20H,3-4,6-7,9-10,12H2,1-2H3,(H,30,31)(H,32,33). The Morgan fingerprint density at radius 1 is 1.06 bits per heavy atom. The Morgan fingerprint density at radius 3 is 2.58 bits per heavy atom. The molecule has 0 spiro atoms. The number of hydrogen-bond acceptors (Lipinski definition) is 5. The van der Waals surface area contributed by atoms with Crippen molar-refractivity contribution in [1.29, 1.82) is 0 Å². The Morgan fingerprint density at radius 2 is 1.86 bits per heavy atom. The van der Waals surface area contributed by atoms with Gasteiger partial charge in [0, 0.05) is 77.3 Å². The third-order valence-corrected chi connectivity index (χ3v) is 7.65. The summed E-state index contributed by atoms with van der Waals surface area (Å²) >= 11 is 0. The number of aromatic amines is 2. The average molecular weight is 483 g/mol. The first-order valence-electron chi connectivity index (χ1n) is 12.7. The topological polar surface area (TPSA) is 108 Å². The molecule has 8 heteroatoms. The van der Waals surface area contributed by atoms with E-state index in [1.807, 2.05) is 37.1 Å². The van der Waals surface area contributed by atoms with E-state index in [1.54, 1.807) is 6.20 Å². The van der Waals surface area contributed by atoms with Crippen molar-refractivity contribution < 1.29 is 9.59 Å². The lowest BCUT2D eigenvalue weighted by molar-refractivity contribution is -0.133. The summed E-state index contributed by atoms with van der Waals surface area (Å²) in [5, 5.41) is 8.01. The Balaban J connectivity index is 1.17. The predicted molar refractivity (Wildman–Crippen MR) is 137 cm³/mol. The fourth-order valence-corrected chi connectivity index (χ4v) is 5.16. The zero-order valence-corrected chi connectivity index (χ0v) is 20.7. The summed E-state index contributed by atoms with van der Waals surface area (Å²) in [5.41, 5.74) is 7.07. The minimum Gasteiger partial charge on any atom is -0.342 e. The van der Waals surface area contributed by atoms with Gasteiger partial charge in [0.15, 0.2) is 5.78 Å². The molecule has 5 heterocycles. The number of Topliss-reactive ketones (excluding diaryl/α,β-unsaturated/α-hetero) is 1. The molecule has 0 bridgehead atoms. The van der Waals surface area contributed by atoms with Gasteiger partial charge in [-0.25, -0.2) is 4.98 Å². The molecule has 2 aliphatic rings. The molecule has 184 valence electrons. The van der Waals surface area contributed by atoms with E-state index < -0.39 is 0 Å². The summed E-state index contributed by atoms with van der Waals surface area (Å²) < 4.78 is 0. The number of H-pyrrole nitrogens is 2. The first-order chi connectivity index (χ1) is 17.5. The van der Waals surface area contributed by atoms with Crippen molar-refractivity contribution in [2.45, 2.75) is 51.9 Å². The number of fused-ring (bicyclic) bond motifs is 1. The van der Waals surface area contributed by atoms with E-state index in [0.29, 0.717) is 17.5 Å². The SMILES string of the molecule is Cc1[nH]nc(C(=O)Cc2cnc3[nH]c(-c4ccnc(C5CCN(C(=O)C6CC6)CC5)c4)cc3c2)c1C. The molecule has 36 heavy (non-hydrogen) atoms. The van der Waals surface area contributed by atoms with Crippen LogP contribution in [0.2, 0.25) is 0 Å². The normalized spacial score (nSPS) is 16.6. The van der Waals surface area contributed by atoms with E-state index in [1.165, 1.54) is 0 Å². The lowest BCUT2D eigenvalue weighted by Crippen LogP contribution is -2.38. The van der Waals surface area contributed by atoms with E-state index in [2.05, 4.69) is 37.3 Å². The van der Waals surface area contributed by atoms with E-state index in [-0.39, 0.29) is 18.1 Å². The second-order valence-corrected chi connectivity index (χ2v) is 10.2. The molecule has 2 fully saturated rings. The minimum atomic E-state index is -0.0163. The van der Waals surface area contributed by atoms with Gasteiger partial charge in [-0.1, -0.05) is 0 Å². The largest absolute Gasteiger partial charge is 0.342 e. The third-order valence-electron chi connectivity index (χ3n) is 7.65. The quantitative estimate of drug-likeness (QED) is 0.393. The Labute approximate surface area is 209 Å². The third kappa shape index (κ3) is 4.32. The smallest absolute Gasteiger partial charge is 0.225 e. The van der Waals surface area contributed by atoms with Crippen molar-refractivity contribution in [1.82, 2.24) is 30.0 Å². The van der Waals surface area contributed by atoms with Crippen LogP contribution in [-0.2, 0) is 11.2 Å². The van der Waals surface area contributed by atoms with Gasteiger partial charge in [0.05, 0.1) is 0 Å². The van der Waals surface area contributed by atoms with Crippen molar-refractivity contribution in [2.24, 2.45) is 5.92 Å². The number of hydrogen-bond donors (Lipinski definition) is 2. The number of aryl methyl sites for hydroxylation is 1. The molecule has 0 radical (unpaired) electrons. The van der Waals surface area contributed by atoms with Crippen LogP contribution < -0.4 is 0 Å². The fourth-order valence-electron chi connectivity index (χ4n) is 5.16. The van der Waals surface area contributed by atoms with Crippen LogP contribution in [0.4, 0.5) is 0 Å². The Bertz CT molecular complexity index is 1460. The van der Waals surface area contributed by atoms with Crippen molar-refractivity contribution in [3.63, 3.8) is 0 Å². The highest BCUT2D eigenvalue weighted by atomic mass is 16.2. The first-order valence-corrected chi connectivity index (χ1v) is 12.7. The molecule has 4 aromatic heterocycles. The van der Waals surface area contributed by atoms with Crippen LogP contribution in [-0.4, -0.2) is 54.8 Å². The number of likely N-dealkylation sites (tertiary alicyclic amines) is 1. The molecule has 2 N–H and O–H groups in total. The highest BCUT2D eigenvalue weighted by Crippen LogP contribution is 2.35. The molecule has 8 nitrogen and oxygen atoms in total. The second kappa shape index (κ2) is 9.00. The van der Waals surface area contributed by atoms with E-state index >= 15 is 0 Å². The number of ketones is 1. The molecule has 1 aliphatic carbocycles. The van der Waals surface area contributed by atoms with Crippen LogP contribution in [0.1, 0.15) is 64.6 Å². The zero-order valence-electron chi connectivity index (χ0n) is 20.7. The number of aromatic nitrogens is 5. The molecule has 0 atom stereocenters. The van der Waals surface area contributed by atoms with Crippen LogP contribution in [0, 0.1) is 19.8 Å². The molecule has 1 aliphatic heterocycles. The molecule has 4 aromatic rings. The van der Waals surface area contributed by atoms with Crippen molar-refractivity contribution >= 4 is 22.7 Å². The van der Waals surface area contributed by atoms with Crippen LogP contribution in [0.15, 0.2) is 36.7 Å². The van der Waals surface area contributed by atoms with Crippen LogP contribution in [0.5, 0.6) is 0 Å². The van der Waals surface area contributed by atoms with Crippen molar-refractivity contribution in [3.8, 4) is 11.3 Å². The van der Waals surface area contributed by atoms with Gasteiger partial charge >= 0.3 is 0 Å². The van der Waals surface area contributed by atoms with Gasteiger partial charge in [-0.3, -0.25) is 19.7 Å². The molecule has 1 amide bonds. The minimum absolute atomic E-state index is 0.0163. The molecule has 1 saturated heterocycles. The average Bonchev–Trinajstić information content (AvgIpc) is 3.58. The molecular weight excluding hydrogens is 452 g/mol. The maximum Gasteiger partial charge on any atom is 0.225 e. The number of pyridine rings is 2. The lowest BCUT2D eigenvalue weighted by atomic mass is 9.92. The van der Waals surface area contributed by atoms with Crippen LogP contribution in [0.25, 0.3) is 22.3 Å². The monoisotopic (exact) mass is 482 g/mol. The molecule has 6 rings (SSSR count). The van der Waals surface area contributed by atoms with Gasteiger partial charge in [-0.15, -0.1) is 0 Å². The number of nitrogens with one attached hydrogen (secondary N) is 2. The summed E-state index contributed by atoms with van der Waals surface area (Å²) in [6, 6.07) is 8.26. The number of rotatable bonds is 6. The zero-order chi connectivity index (χ0) is 24.8. The summed E-state index contributed by atoms with van der Waals surface area (Å²) in [4.78, 5) is 39.8. The summed E-state index contributed by atoms with van der Waals surface area (Å²) in [7, 11) is 0. The molecular formula is C28H30N6O2. The highest BCUT2D eigenvalue weighted by molar-refractivity contribution is 5.97. The number of piperidine rings is 1. The van der Waals surface area contributed by atoms with Gasteiger partial charge in [0.25, 0.3) is 0 Å². The first kappa shape index (κ1) is 22.6. The number of carbonyl (C=O) groups excluding carboxylic acids is 2. The maximum absolute atomic E-state index is 12.7. The summed E-state index contributed by atoms with van der Waals surface area (Å²) in [6.07, 6.45) is 7.90. The molecule has 0 aromatic carbocycles. The van der Waals surface area contributed by atoms with Gasteiger partial charge in [0.1, 0.15) is 11.3 Å². The number of carbonyl (C=O) groups is 2. The number of nitrogens with zero attached hydrogens (tertiary/aromatic N) is 4. The second-order valence-electron chi connectivity index (χ2n) is 10.2. The van der Waals surface area contributed by atoms with Gasteiger partial charge in [-0.05, 0) is 69.4 Å². The fraction of sp³-hybridized carbons (Fsp3) is 0.393. The molecule has 1 saturated carbocycles. The van der Waals surface area contributed by atoms with Gasteiger partial charge < -0.3 is 9.88 Å². The van der Waals surface area contributed by atoms with Crippen molar-refractivity contribution in [3.05, 3.63) is 64.9 Å². The number of amides is 1. The van der Waals surface area contributed by atoms with Gasteiger partial charge in [0.2, 0.25) is 5.91 Å². The van der Waals surface area contributed by atoms with Crippen LogP contribution in [0.3, 0.4) is 0 Å². The maximum atomic E-state index is 12.7. The van der Waals surface area contributed by atoms with Crippen molar-refractivity contribution in [2.75, 3.05) is 13.1 Å². The predicted octanol–water partition coefficient (Wildman–Crippen LogP) is 4.51. The molecule has 0 unspecified atom stereocenters. The van der Waals surface area contributed by atoms with E-state index in [9.17, 15) is 9.59 Å².